The molecule has 20 heavy (non-hydrogen) atoms. The van der Waals surface area contributed by atoms with Crippen molar-refractivity contribution in [2.24, 2.45) is 5.41 Å². The summed E-state index contributed by atoms with van der Waals surface area (Å²) >= 11 is 0. The van der Waals surface area contributed by atoms with Crippen LogP contribution in [0, 0.1) is 17.0 Å². The van der Waals surface area contributed by atoms with Crippen molar-refractivity contribution in [3.8, 4) is 0 Å². The van der Waals surface area contributed by atoms with Gasteiger partial charge in [0.2, 0.25) is 0 Å². The van der Waals surface area contributed by atoms with Gasteiger partial charge >= 0.3 is 0 Å². The largest absolute Gasteiger partial charge is 0.396 e. The average Bonchev–Trinajstić information content (AvgIpc) is 2.38. The maximum atomic E-state index is 13.6. The molecule has 0 aromatic heterocycles. The van der Waals surface area contributed by atoms with E-state index in [0.29, 0.717) is 6.54 Å². The summed E-state index contributed by atoms with van der Waals surface area (Å²) in [4.78, 5) is 2.02. The van der Waals surface area contributed by atoms with Crippen LogP contribution in [0.3, 0.4) is 0 Å². The van der Waals surface area contributed by atoms with Gasteiger partial charge in [0.1, 0.15) is 11.6 Å². The lowest BCUT2D eigenvalue weighted by atomic mass is 9.82. The van der Waals surface area contributed by atoms with Crippen LogP contribution in [-0.4, -0.2) is 41.4 Å². The van der Waals surface area contributed by atoms with E-state index in [0.717, 1.165) is 31.5 Å². The summed E-state index contributed by atoms with van der Waals surface area (Å²) in [5.74, 6) is -1.37. The zero-order valence-corrected chi connectivity index (χ0v) is 11.6. The first-order valence-electron chi connectivity index (χ1n) is 6.90. The molecule has 0 spiro atoms. The molecule has 0 radical (unpaired) electrons. The number of aliphatic hydroxyl groups excluding tert-OH is 2. The van der Waals surface area contributed by atoms with E-state index in [4.69, 9.17) is 0 Å². The van der Waals surface area contributed by atoms with Crippen LogP contribution in [0.5, 0.6) is 0 Å². The third-order valence-corrected chi connectivity index (χ3v) is 3.99. The minimum absolute atomic E-state index is 0.102. The lowest BCUT2D eigenvalue weighted by molar-refractivity contribution is 0.0203. The van der Waals surface area contributed by atoms with Crippen molar-refractivity contribution in [2.75, 3.05) is 26.2 Å². The quantitative estimate of drug-likeness (QED) is 0.890. The van der Waals surface area contributed by atoms with Crippen molar-refractivity contribution in [3.05, 3.63) is 35.4 Å². The molecule has 2 atom stereocenters. The Morgan fingerprint density at radius 2 is 2.15 bits per heavy atom. The Morgan fingerprint density at radius 1 is 1.40 bits per heavy atom. The van der Waals surface area contributed by atoms with Crippen LogP contribution in [0.1, 0.15) is 31.4 Å². The average molecular weight is 285 g/mol. The van der Waals surface area contributed by atoms with E-state index in [9.17, 15) is 19.0 Å². The molecule has 2 rings (SSSR count). The van der Waals surface area contributed by atoms with Gasteiger partial charge in [-0.3, -0.25) is 4.90 Å². The Bertz CT molecular complexity index is 469. The van der Waals surface area contributed by atoms with Crippen LogP contribution in [-0.2, 0) is 0 Å². The second-order valence-corrected chi connectivity index (χ2v) is 5.99. The van der Waals surface area contributed by atoms with E-state index < -0.39 is 17.7 Å². The SMILES string of the molecule is CC1(CO)CCCN(CC(O)c2ccc(F)cc2F)C1. The first kappa shape index (κ1) is 15.4. The lowest BCUT2D eigenvalue weighted by Crippen LogP contribution is -2.45. The van der Waals surface area contributed by atoms with E-state index in [1.54, 1.807) is 0 Å². The molecule has 0 saturated carbocycles. The van der Waals surface area contributed by atoms with Crippen LogP contribution in [0.25, 0.3) is 0 Å². The Balaban J connectivity index is 2.02. The number of hydrogen-bond donors (Lipinski definition) is 2. The molecule has 1 aliphatic heterocycles. The van der Waals surface area contributed by atoms with Crippen LogP contribution in [0.15, 0.2) is 18.2 Å². The van der Waals surface area contributed by atoms with Crippen molar-refractivity contribution in [1.82, 2.24) is 4.90 Å². The van der Waals surface area contributed by atoms with Crippen molar-refractivity contribution in [2.45, 2.75) is 25.9 Å². The van der Waals surface area contributed by atoms with Gasteiger partial charge in [-0.2, -0.15) is 0 Å². The molecule has 0 amide bonds. The normalized spacial score (nSPS) is 25.6. The summed E-state index contributed by atoms with van der Waals surface area (Å²) in [6.07, 6.45) is 0.896. The zero-order chi connectivity index (χ0) is 14.8. The smallest absolute Gasteiger partial charge is 0.131 e. The summed E-state index contributed by atoms with van der Waals surface area (Å²) < 4.78 is 26.5. The third kappa shape index (κ3) is 3.53. The molecular weight excluding hydrogens is 264 g/mol. The molecule has 1 heterocycles. The third-order valence-electron chi connectivity index (χ3n) is 3.99. The second kappa shape index (κ2) is 6.16. The first-order chi connectivity index (χ1) is 9.43. The number of hydrogen-bond acceptors (Lipinski definition) is 3. The van der Waals surface area contributed by atoms with Gasteiger partial charge in [0.25, 0.3) is 0 Å². The van der Waals surface area contributed by atoms with Crippen LogP contribution in [0.4, 0.5) is 8.78 Å². The summed E-state index contributed by atoms with van der Waals surface area (Å²) in [6.45, 7) is 3.88. The molecule has 1 aromatic rings. The molecule has 3 nitrogen and oxygen atoms in total. The number of rotatable bonds is 4. The zero-order valence-electron chi connectivity index (χ0n) is 11.6. The molecule has 2 N–H and O–H groups in total. The number of piperidine rings is 1. The van der Waals surface area contributed by atoms with Gasteiger partial charge in [0, 0.05) is 36.7 Å². The van der Waals surface area contributed by atoms with Crippen LogP contribution < -0.4 is 0 Å². The highest BCUT2D eigenvalue weighted by atomic mass is 19.1. The number of benzene rings is 1. The van der Waals surface area contributed by atoms with Gasteiger partial charge in [0.15, 0.2) is 0 Å². The van der Waals surface area contributed by atoms with Gasteiger partial charge in [-0.05, 0) is 25.5 Å². The molecule has 1 fully saturated rings. The second-order valence-electron chi connectivity index (χ2n) is 5.99. The molecule has 2 unspecified atom stereocenters. The fraction of sp³-hybridized carbons (Fsp3) is 0.600. The van der Waals surface area contributed by atoms with E-state index in [1.807, 2.05) is 11.8 Å². The Hall–Kier alpha value is -1.04. The fourth-order valence-corrected chi connectivity index (χ4v) is 2.83. The molecule has 1 aromatic carbocycles. The first-order valence-corrected chi connectivity index (χ1v) is 6.90. The monoisotopic (exact) mass is 285 g/mol. The van der Waals surface area contributed by atoms with Gasteiger partial charge in [-0.1, -0.05) is 13.0 Å². The minimum atomic E-state index is -0.989. The standard InChI is InChI=1S/C15H21F2NO2/c1-15(10-19)5-2-6-18(9-15)8-14(20)12-4-3-11(16)7-13(12)17/h3-4,7,14,19-20H,2,5-6,8-10H2,1H3. The molecular formula is C15H21F2NO2. The Morgan fingerprint density at radius 3 is 2.80 bits per heavy atom. The molecule has 1 saturated heterocycles. The van der Waals surface area contributed by atoms with Crippen LogP contribution in [0.2, 0.25) is 0 Å². The lowest BCUT2D eigenvalue weighted by Gasteiger charge is -2.40. The number of likely N-dealkylation sites (tertiary alicyclic amines) is 1. The van der Waals surface area contributed by atoms with E-state index in [2.05, 4.69) is 0 Å². The highest BCUT2D eigenvalue weighted by Crippen LogP contribution is 2.30. The molecule has 1 aliphatic rings. The summed E-state index contributed by atoms with van der Waals surface area (Å²) in [5.41, 5.74) is -0.0538. The number of β-amino-alcohol motifs (C(OH)–C–C–N with tert-alkyl or cyclic N) is 1. The fourth-order valence-electron chi connectivity index (χ4n) is 2.83. The van der Waals surface area contributed by atoms with Crippen molar-refractivity contribution >= 4 is 0 Å². The number of halogens is 2. The Kier molecular flexibility index (Phi) is 4.73. The topological polar surface area (TPSA) is 43.7 Å². The van der Waals surface area contributed by atoms with Crippen molar-refractivity contribution in [1.29, 1.82) is 0 Å². The summed E-state index contributed by atoms with van der Waals surface area (Å²) in [5, 5.41) is 19.5. The number of nitrogens with zero attached hydrogens (tertiary/aromatic N) is 1. The minimum Gasteiger partial charge on any atom is -0.396 e. The molecule has 0 bridgehead atoms. The molecule has 112 valence electrons. The van der Waals surface area contributed by atoms with Crippen LogP contribution >= 0.6 is 0 Å². The maximum Gasteiger partial charge on any atom is 0.131 e. The van der Waals surface area contributed by atoms with Gasteiger partial charge in [-0.25, -0.2) is 8.78 Å². The summed E-state index contributed by atoms with van der Waals surface area (Å²) in [7, 11) is 0. The highest BCUT2D eigenvalue weighted by molar-refractivity contribution is 5.21. The van der Waals surface area contributed by atoms with Gasteiger partial charge < -0.3 is 10.2 Å². The number of aliphatic hydroxyl groups is 2. The predicted molar refractivity (Wildman–Crippen MR) is 72.2 cm³/mol. The maximum absolute atomic E-state index is 13.6. The Labute approximate surface area is 117 Å². The van der Waals surface area contributed by atoms with E-state index >= 15 is 0 Å². The molecule has 0 aliphatic carbocycles. The molecule has 5 heteroatoms. The van der Waals surface area contributed by atoms with Crippen molar-refractivity contribution < 1.29 is 19.0 Å². The highest BCUT2D eigenvalue weighted by Gasteiger charge is 2.31. The predicted octanol–water partition coefficient (Wildman–Crippen LogP) is 2.09. The van der Waals surface area contributed by atoms with Gasteiger partial charge in [-0.15, -0.1) is 0 Å². The summed E-state index contributed by atoms with van der Waals surface area (Å²) in [6, 6.07) is 3.22. The van der Waals surface area contributed by atoms with E-state index in [1.165, 1.54) is 6.07 Å². The van der Waals surface area contributed by atoms with Crippen molar-refractivity contribution in [3.63, 3.8) is 0 Å². The van der Waals surface area contributed by atoms with E-state index in [-0.39, 0.29) is 24.1 Å². The van der Waals surface area contributed by atoms with Gasteiger partial charge in [0.05, 0.1) is 6.10 Å².